The number of carboxylic acids is 2. The molecule has 48 heavy (non-hydrogen) atoms. The maximum absolute atomic E-state index is 14.3. The number of rotatable bonds is 16. The van der Waals surface area contributed by atoms with Gasteiger partial charge in [-0.3, -0.25) is 24.5 Å². The van der Waals surface area contributed by atoms with Gasteiger partial charge in [-0.25, -0.2) is 0 Å². The molecule has 2 aromatic rings. The van der Waals surface area contributed by atoms with Crippen LogP contribution < -0.4 is 16.0 Å². The third kappa shape index (κ3) is 8.83. The summed E-state index contributed by atoms with van der Waals surface area (Å²) >= 11 is 0. The number of carbonyl (C=O) groups excluding carboxylic acids is 2. The zero-order valence-corrected chi connectivity index (χ0v) is 30.2. The molecule has 1 fully saturated rings. The van der Waals surface area contributed by atoms with E-state index in [1.165, 1.54) is 0 Å². The monoisotopic (exact) mass is 669 g/mol. The second-order valence-electron chi connectivity index (χ2n) is 15.0. The number of aromatic nitrogens is 1. The summed E-state index contributed by atoms with van der Waals surface area (Å²) in [5.74, 6) is -2.72. The van der Waals surface area contributed by atoms with E-state index >= 15 is 0 Å². The Kier molecular flexibility index (Phi) is 12.3. The van der Waals surface area contributed by atoms with Crippen molar-refractivity contribution in [2.45, 2.75) is 110 Å². The van der Waals surface area contributed by atoms with Gasteiger partial charge in [0.25, 0.3) is 0 Å². The van der Waals surface area contributed by atoms with Crippen molar-refractivity contribution in [1.29, 1.82) is 0 Å². The summed E-state index contributed by atoms with van der Waals surface area (Å²) in [7, 11) is 5.47. The molecule has 0 aliphatic carbocycles. The van der Waals surface area contributed by atoms with Crippen molar-refractivity contribution in [3.05, 3.63) is 47.7 Å². The molecular formula is C36H55N5O7. The molecule has 6 atom stereocenters. The Morgan fingerprint density at radius 2 is 1.69 bits per heavy atom. The zero-order chi connectivity index (χ0) is 36.3. The van der Waals surface area contributed by atoms with Gasteiger partial charge in [-0.05, 0) is 48.9 Å². The number of hydrogen-bond acceptors (Lipinski definition) is 7. The molecule has 0 spiro atoms. The van der Waals surface area contributed by atoms with Crippen molar-refractivity contribution >= 4 is 34.7 Å². The van der Waals surface area contributed by atoms with Crippen LogP contribution in [0.1, 0.15) is 73.8 Å². The lowest BCUT2D eigenvalue weighted by Crippen LogP contribution is -2.61. The van der Waals surface area contributed by atoms with Gasteiger partial charge in [0.05, 0.1) is 12.1 Å². The number of nitrogens with one attached hydrogen (secondary N) is 3. The lowest BCUT2D eigenvalue weighted by atomic mass is 9.76. The van der Waals surface area contributed by atoms with Crippen molar-refractivity contribution in [1.82, 2.24) is 25.4 Å². The first-order valence-corrected chi connectivity index (χ1v) is 16.6. The van der Waals surface area contributed by atoms with E-state index in [0.717, 1.165) is 22.0 Å². The zero-order valence-electron chi connectivity index (χ0n) is 30.2. The molecule has 1 aliphatic heterocycles. The normalized spacial score (nSPS) is 19.5. The lowest BCUT2D eigenvalue weighted by Gasteiger charge is -2.39. The molecule has 1 saturated heterocycles. The number of epoxide rings is 1. The highest BCUT2D eigenvalue weighted by atomic mass is 16.6. The molecule has 0 bridgehead atoms. The Morgan fingerprint density at radius 3 is 2.23 bits per heavy atom. The lowest BCUT2D eigenvalue weighted by molar-refractivity contribution is -0.141. The minimum atomic E-state index is -1.14. The van der Waals surface area contributed by atoms with E-state index in [-0.39, 0.29) is 36.6 Å². The largest absolute Gasteiger partial charge is 0.481 e. The standard InChI is InChI=1S/C36H55N5O7/c1-20(2)26(18-21(3)28-32(48-28)38-24(34(46)47)16-17-27(42)43)41(11)33(45)30(35(4,5)6)39-31(44)29(37-9)36(7,8)23-19-40(10)25-15-13-12-14-22(23)25/h12-15,18-20,24,26,28-30,32,37-38H,16-17H2,1-11H3,(H,39,44)(H,42,43)(H,46,47)/b21-18+/t24-,26+,28?,29+,30+,32?/m0/s1. The Hall–Kier alpha value is -3.74. The third-order valence-corrected chi connectivity index (χ3v) is 9.43. The number of likely N-dealkylation sites (N-methyl/N-ethyl adjacent to an activating group) is 2. The van der Waals surface area contributed by atoms with Crippen molar-refractivity contribution in [3.63, 3.8) is 0 Å². The van der Waals surface area contributed by atoms with E-state index in [0.29, 0.717) is 0 Å². The Balaban J connectivity index is 1.81. The van der Waals surface area contributed by atoms with Gasteiger partial charge in [0.1, 0.15) is 24.4 Å². The maximum atomic E-state index is 14.3. The molecule has 1 aromatic heterocycles. The van der Waals surface area contributed by atoms with Gasteiger partial charge in [0, 0.05) is 43.0 Å². The highest BCUT2D eigenvalue weighted by Gasteiger charge is 2.45. The fourth-order valence-electron chi connectivity index (χ4n) is 6.50. The molecule has 2 heterocycles. The molecule has 266 valence electrons. The molecule has 0 saturated carbocycles. The quantitative estimate of drug-likeness (QED) is 0.133. The van der Waals surface area contributed by atoms with Gasteiger partial charge in [-0.15, -0.1) is 0 Å². The topological polar surface area (TPSA) is 166 Å². The maximum Gasteiger partial charge on any atom is 0.320 e. The summed E-state index contributed by atoms with van der Waals surface area (Å²) < 4.78 is 7.78. The van der Waals surface area contributed by atoms with Crippen LogP contribution in [0.4, 0.5) is 0 Å². The Bertz CT molecular complexity index is 1520. The summed E-state index contributed by atoms with van der Waals surface area (Å²) in [5.41, 5.74) is 1.68. The van der Waals surface area contributed by atoms with Crippen molar-refractivity contribution in [2.24, 2.45) is 18.4 Å². The number of nitrogens with zero attached hydrogens (tertiary/aromatic N) is 2. The van der Waals surface area contributed by atoms with Gasteiger partial charge in [0.2, 0.25) is 11.8 Å². The van der Waals surface area contributed by atoms with E-state index in [2.05, 4.69) is 38.8 Å². The Morgan fingerprint density at radius 1 is 1.06 bits per heavy atom. The number of benzene rings is 1. The smallest absolute Gasteiger partial charge is 0.320 e. The van der Waals surface area contributed by atoms with Crippen LogP contribution in [0.2, 0.25) is 0 Å². The highest BCUT2D eigenvalue weighted by Crippen LogP contribution is 2.35. The van der Waals surface area contributed by atoms with Crippen LogP contribution in [-0.2, 0) is 36.4 Å². The average molecular weight is 670 g/mol. The molecule has 12 heteroatoms. The van der Waals surface area contributed by atoms with E-state index < -0.39 is 53.2 Å². The number of ether oxygens (including phenoxy) is 1. The van der Waals surface area contributed by atoms with Crippen LogP contribution in [0.5, 0.6) is 0 Å². The predicted octanol–water partition coefficient (Wildman–Crippen LogP) is 3.64. The SMILES string of the molecule is CN[C@H](C(=O)N[C@H](C(=O)N(C)[C@H](/C=C(\C)C1OC1N[C@@H](CCC(=O)O)C(=O)O)C(C)C)C(C)(C)C)C(C)(C)c1cn(C)c2ccccc12. The molecule has 3 rings (SSSR count). The fourth-order valence-corrected chi connectivity index (χ4v) is 6.50. The van der Waals surface area contributed by atoms with Crippen LogP contribution in [-0.4, -0.2) is 94.0 Å². The first kappa shape index (κ1) is 38.7. The van der Waals surface area contributed by atoms with E-state index in [4.69, 9.17) is 9.84 Å². The predicted molar refractivity (Wildman–Crippen MR) is 185 cm³/mol. The summed E-state index contributed by atoms with van der Waals surface area (Å²) in [6, 6.07) is 5.21. The average Bonchev–Trinajstić information content (AvgIpc) is 3.68. The van der Waals surface area contributed by atoms with Gasteiger partial charge in [-0.1, -0.05) is 72.7 Å². The minimum absolute atomic E-state index is 0.00747. The first-order valence-electron chi connectivity index (χ1n) is 16.6. The minimum Gasteiger partial charge on any atom is -0.481 e. The van der Waals surface area contributed by atoms with E-state index in [1.807, 2.05) is 80.6 Å². The molecule has 2 unspecified atom stereocenters. The van der Waals surface area contributed by atoms with Crippen molar-refractivity contribution in [3.8, 4) is 0 Å². The second kappa shape index (κ2) is 15.2. The third-order valence-electron chi connectivity index (χ3n) is 9.43. The molecule has 0 radical (unpaired) electrons. The summed E-state index contributed by atoms with van der Waals surface area (Å²) in [5, 5.41) is 28.7. The van der Waals surface area contributed by atoms with E-state index in [1.54, 1.807) is 19.0 Å². The van der Waals surface area contributed by atoms with Crippen LogP contribution in [0.25, 0.3) is 10.9 Å². The number of fused-ring (bicyclic) bond motifs is 1. The fraction of sp³-hybridized carbons (Fsp3) is 0.611. The molecule has 1 aromatic carbocycles. The number of para-hydroxylation sites is 1. The van der Waals surface area contributed by atoms with E-state index in [9.17, 15) is 24.3 Å². The van der Waals surface area contributed by atoms with Crippen molar-refractivity contribution < 1.29 is 34.1 Å². The van der Waals surface area contributed by atoms with Crippen LogP contribution >= 0.6 is 0 Å². The molecule has 5 N–H and O–H groups in total. The summed E-state index contributed by atoms with van der Waals surface area (Å²) in [4.78, 5) is 52.6. The van der Waals surface area contributed by atoms with Gasteiger partial charge >= 0.3 is 11.9 Å². The summed E-state index contributed by atoms with van der Waals surface area (Å²) in [6.45, 7) is 15.7. The van der Waals surface area contributed by atoms with Gasteiger partial charge in [0.15, 0.2) is 0 Å². The number of hydrogen-bond donors (Lipinski definition) is 5. The summed E-state index contributed by atoms with van der Waals surface area (Å²) in [6.07, 6.45) is 2.68. The van der Waals surface area contributed by atoms with Crippen molar-refractivity contribution in [2.75, 3.05) is 14.1 Å². The van der Waals surface area contributed by atoms with Gasteiger partial charge < -0.3 is 35.1 Å². The number of amides is 2. The van der Waals surface area contributed by atoms with Crippen LogP contribution in [0, 0.1) is 11.3 Å². The number of carboxylic acid groups (broad SMARTS) is 2. The van der Waals surface area contributed by atoms with Crippen LogP contribution in [0.15, 0.2) is 42.1 Å². The molecule has 1 aliphatic rings. The first-order chi connectivity index (χ1) is 22.2. The van der Waals surface area contributed by atoms with Crippen LogP contribution in [0.3, 0.4) is 0 Å². The molecule has 2 amide bonds. The highest BCUT2D eigenvalue weighted by molar-refractivity contribution is 5.93. The Labute approximate surface area is 284 Å². The number of carbonyl (C=O) groups is 4. The van der Waals surface area contributed by atoms with Gasteiger partial charge in [-0.2, -0.15) is 0 Å². The molecular weight excluding hydrogens is 614 g/mol. The number of aliphatic carboxylic acids is 2. The second-order valence-corrected chi connectivity index (χ2v) is 15.0. The molecule has 12 nitrogen and oxygen atoms in total. The number of aryl methyl sites for hydroxylation is 1.